The normalized spacial score (nSPS) is 19.8. The van der Waals surface area contributed by atoms with Gasteiger partial charge in [0.15, 0.2) is 0 Å². The summed E-state index contributed by atoms with van der Waals surface area (Å²) >= 11 is 0. The van der Waals surface area contributed by atoms with Crippen molar-refractivity contribution in [2.75, 3.05) is 0 Å². The highest BCUT2D eigenvalue weighted by Crippen LogP contribution is 2.35. The number of aliphatic hydroxyl groups excluding tert-OH is 1. The van der Waals surface area contributed by atoms with Crippen molar-refractivity contribution in [2.24, 2.45) is 0 Å². The molecular weight excluding hydrogens is 232 g/mol. The number of aliphatic hydroxyl groups is 1. The standard InChI is InChI=1S/C14H16O4/c1-9(16)14(17)18-13-7-3-5-11-10(8-15)4-2-6-12(11)13/h3,5,7-10,16H,2,4,6H2,1H3. The largest absolute Gasteiger partial charge is 0.424 e. The summed E-state index contributed by atoms with van der Waals surface area (Å²) in [6.45, 7) is 1.37. The molecule has 2 rings (SSSR count). The van der Waals surface area contributed by atoms with Gasteiger partial charge in [-0.2, -0.15) is 0 Å². The van der Waals surface area contributed by atoms with Crippen LogP contribution >= 0.6 is 0 Å². The predicted octanol–water partition coefficient (Wildman–Crippen LogP) is 1.59. The van der Waals surface area contributed by atoms with Crippen LogP contribution in [-0.4, -0.2) is 23.5 Å². The van der Waals surface area contributed by atoms with Gasteiger partial charge >= 0.3 is 5.97 Å². The van der Waals surface area contributed by atoms with E-state index in [0.717, 1.165) is 36.7 Å². The zero-order valence-electron chi connectivity index (χ0n) is 10.3. The Balaban J connectivity index is 2.32. The van der Waals surface area contributed by atoms with Gasteiger partial charge in [0.25, 0.3) is 0 Å². The van der Waals surface area contributed by atoms with Crippen LogP contribution in [0.2, 0.25) is 0 Å². The van der Waals surface area contributed by atoms with Crippen molar-refractivity contribution in [1.29, 1.82) is 0 Å². The van der Waals surface area contributed by atoms with Gasteiger partial charge in [0, 0.05) is 5.92 Å². The van der Waals surface area contributed by atoms with Crippen molar-refractivity contribution in [3.8, 4) is 5.75 Å². The van der Waals surface area contributed by atoms with Gasteiger partial charge in [0.05, 0.1) is 0 Å². The summed E-state index contributed by atoms with van der Waals surface area (Å²) in [5.74, 6) is -0.319. The van der Waals surface area contributed by atoms with Crippen molar-refractivity contribution in [3.63, 3.8) is 0 Å². The zero-order valence-corrected chi connectivity index (χ0v) is 10.3. The molecule has 0 saturated carbocycles. The first-order valence-corrected chi connectivity index (χ1v) is 6.10. The van der Waals surface area contributed by atoms with E-state index in [1.807, 2.05) is 6.07 Å². The van der Waals surface area contributed by atoms with Gasteiger partial charge in [-0.05, 0) is 43.4 Å². The van der Waals surface area contributed by atoms with E-state index < -0.39 is 12.1 Å². The summed E-state index contributed by atoms with van der Waals surface area (Å²) in [5, 5.41) is 9.15. The van der Waals surface area contributed by atoms with Crippen molar-refractivity contribution in [1.82, 2.24) is 0 Å². The molecule has 0 aliphatic heterocycles. The van der Waals surface area contributed by atoms with Gasteiger partial charge in [0.1, 0.15) is 18.1 Å². The van der Waals surface area contributed by atoms with Crippen LogP contribution in [0.25, 0.3) is 0 Å². The summed E-state index contributed by atoms with van der Waals surface area (Å²) in [5.41, 5.74) is 1.85. The molecule has 4 heteroatoms. The van der Waals surface area contributed by atoms with E-state index in [4.69, 9.17) is 9.84 Å². The second-order valence-electron chi connectivity index (χ2n) is 4.56. The lowest BCUT2D eigenvalue weighted by Crippen LogP contribution is -2.23. The van der Waals surface area contributed by atoms with E-state index in [-0.39, 0.29) is 5.92 Å². The van der Waals surface area contributed by atoms with Gasteiger partial charge in [0.2, 0.25) is 0 Å². The molecule has 0 bridgehead atoms. The van der Waals surface area contributed by atoms with Gasteiger partial charge in [-0.1, -0.05) is 12.1 Å². The molecule has 0 radical (unpaired) electrons. The quantitative estimate of drug-likeness (QED) is 0.501. The first-order chi connectivity index (χ1) is 8.63. The molecule has 2 unspecified atom stereocenters. The molecule has 4 nitrogen and oxygen atoms in total. The summed E-state index contributed by atoms with van der Waals surface area (Å²) in [6, 6.07) is 5.37. The lowest BCUT2D eigenvalue weighted by atomic mass is 9.83. The summed E-state index contributed by atoms with van der Waals surface area (Å²) < 4.78 is 5.16. The first kappa shape index (κ1) is 12.8. The van der Waals surface area contributed by atoms with E-state index in [1.165, 1.54) is 6.92 Å². The van der Waals surface area contributed by atoms with E-state index in [2.05, 4.69) is 0 Å². The number of ether oxygens (including phenoxy) is 1. The fourth-order valence-electron chi connectivity index (χ4n) is 2.28. The summed E-state index contributed by atoms with van der Waals surface area (Å²) in [7, 11) is 0. The molecule has 1 aliphatic rings. The van der Waals surface area contributed by atoms with Crippen molar-refractivity contribution in [2.45, 2.75) is 38.2 Å². The summed E-state index contributed by atoms with van der Waals surface area (Å²) in [4.78, 5) is 22.4. The first-order valence-electron chi connectivity index (χ1n) is 6.10. The Morgan fingerprint density at radius 1 is 1.56 bits per heavy atom. The molecule has 0 aromatic heterocycles. The Bertz CT molecular complexity index is 465. The number of hydrogen-bond donors (Lipinski definition) is 1. The van der Waals surface area contributed by atoms with E-state index >= 15 is 0 Å². The van der Waals surface area contributed by atoms with Gasteiger partial charge in [-0.25, -0.2) is 4.79 Å². The predicted molar refractivity (Wildman–Crippen MR) is 65.5 cm³/mol. The number of benzene rings is 1. The highest BCUT2D eigenvalue weighted by molar-refractivity contribution is 5.77. The molecule has 1 aliphatic carbocycles. The highest BCUT2D eigenvalue weighted by Gasteiger charge is 2.23. The fourth-order valence-corrected chi connectivity index (χ4v) is 2.28. The third kappa shape index (κ3) is 2.43. The van der Waals surface area contributed by atoms with Crippen LogP contribution in [0, 0.1) is 0 Å². The molecule has 18 heavy (non-hydrogen) atoms. The van der Waals surface area contributed by atoms with Crippen molar-refractivity contribution >= 4 is 12.3 Å². The SMILES string of the molecule is CC(O)C(=O)Oc1cccc2c1CCCC2C=O. The second-order valence-corrected chi connectivity index (χ2v) is 4.56. The molecule has 96 valence electrons. The highest BCUT2D eigenvalue weighted by atomic mass is 16.5. The topological polar surface area (TPSA) is 63.6 Å². The van der Waals surface area contributed by atoms with Gasteiger partial charge < -0.3 is 14.6 Å². The molecule has 0 fully saturated rings. The molecule has 1 aromatic rings. The van der Waals surface area contributed by atoms with Crippen molar-refractivity contribution in [3.05, 3.63) is 29.3 Å². The van der Waals surface area contributed by atoms with Gasteiger partial charge in [-0.3, -0.25) is 0 Å². The van der Waals surface area contributed by atoms with Crippen LogP contribution in [0.5, 0.6) is 5.75 Å². The molecule has 2 atom stereocenters. The number of carbonyl (C=O) groups excluding carboxylic acids is 2. The van der Waals surface area contributed by atoms with Crippen LogP contribution in [0.15, 0.2) is 18.2 Å². The Hall–Kier alpha value is -1.68. The third-order valence-electron chi connectivity index (χ3n) is 3.23. The van der Waals surface area contributed by atoms with Crippen LogP contribution < -0.4 is 4.74 Å². The van der Waals surface area contributed by atoms with Crippen LogP contribution in [0.3, 0.4) is 0 Å². The van der Waals surface area contributed by atoms with Crippen molar-refractivity contribution < 1.29 is 19.4 Å². The Morgan fingerprint density at radius 2 is 2.33 bits per heavy atom. The van der Waals surface area contributed by atoms with Gasteiger partial charge in [-0.15, -0.1) is 0 Å². The number of hydrogen-bond acceptors (Lipinski definition) is 4. The number of rotatable bonds is 3. The molecule has 0 amide bonds. The minimum atomic E-state index is -1.15. The average Bonchev–Trinajstić information content (AvgIpc) is 2.38. The minimum absolute atomic E-state index is 0.112. The van der Waals surface area contributed by atoms with E-state index in [0.29, 0.717) is 5.75 Å². The zero-order chi connectivity index (χ0) is 13.1. The fraction of sp³-hybridized carbons (Fsp3) is 0.429. The maximum Gasteiger partial charge on any atom is 0.340 e. The molecule has 0 heterocycles. The van der Waals surface area contributed by atoms with E-state index in [9.17, 15) is 9.59 Å². The van der Waals surface area contributed by atoms with Crippen LogP contribution in [-0.2, 0) is 16.0 Å². The Kier molecular flexibility index (Phi) is 3.77. The molecule has 1 aromatic carbocycles. The second kappa shape index (κ2) is 5.31. The lowest BCUT2D eigenvalue weighted by molar-refractivity contribution is -0.142. The third-order valence-corrected chi connectivity index (χ3v) is 3.23. The minimum Gasteiger partial charge on any atom is -0.424 e. The van der Waals surface area contributed by atoms with Crippen LogP contribution in [0.1, 0.15) is 36.8 Å². The van der Waals surface area contributed by atoms with Crippen LogP contribution in [0.4, 0.5) is 0 Å². The smallest absolute Gasteiger partial charge is 0.340 e. The maximum atomic E-state index is 11.4. The molecule has 1 N–H and O–H groups in total. The maximum absolute atomic E-state index is 11.4. The van der Waals surface area contributed by atoms with E-state index in [1.54, 1.807) is 12.1 Å². The monoisotopic (exact) mass is 248 g/mol. The summed E-state index contributed by atoms with van der Waals surface area (Å²) in [6.07, 6.45) is 2.33. The lowest BCUT2D eigenvalue weighted by Gasteiger charge is -2.23. The Morgan fingerprint density at radius 3 is 3.00 bits per heavy atom. The average molecular weight is 248 g/mol. The molecular formula is C14H16O4. The molecule has 0 saturated heterocycles. The number of esters is 1. The molecule has 0 spiro atoms. The number of aldehydes is 1. The number of carbonyl (C=O) groups is 2. The number of fused-ring (bicyclic) bond motifs is 1. The Labute approximate surface area is 106 Å².